The second kappa shape index (κ2) is 11.5. The minimum Gasteiger partial charge on any atom is -0.467 e. The SMILES string of the molecule is C=CC(=O)N1CCC(N(C)c2nc(OC)nc3c(F)c(-c4cccn5cncc45)ncc23)C1.CC12CCCN1CC(F)C2. The maximum Gasteiger partial charge on any atom is 0.318 e. The average Bonchev–Trinajstić information content (AvgIpc) is 3.80. The average molecular weight is 591 g/mol. The van der Waals surface area contributed by atoms with Gasteiger partial charge in [-0.15, -0.1) is 0 Å². The summed E-state index contributed by atoms with van der Waals surface area (Å²) in [5.41, 5.74) is 1.87. The van der Waals surface area contributed by atoms with Crippen molar-refractivity contribution in [1.82, 2.24) is 34.1 Å². The molecule has 7 rings (SSSR count). The van der Waals surface area contributed by atoms with Gasteiger partial charge in [-0.3, -0.25) is 14.7 Å². The van der Waals surface area contributed by atoms with Crippen LogP contribution in [0, 0.1) is 5.82 Å². The number of amides is 1. The molecule has 0 aliphatic carbocycles. The number of hydrogen-bond acceptors (Lipinski definition) is 8. The number of ether oxygens (including phenoxy) is 1. The van der Waals surface area contributed by atoms with E-state index in [4.69, 9.17) is 4.74 Å². The molecule has 0 radical (unpaired) electrons. The van der Waals surface area contributed by atoms with Crippen LogP contribution in [0.25, 0.3) is 27.7 Å². The third-order valence-corrected chi connectivity index (χ3v) is 9.05. The van der Waals surface area contributed by atoms with Crippen LogP contribution in [-0.4, -0.2) is 98.1 Å². The smallest absolute Gasteiger partial charge is 0.318 e. The van der Waals surface area contributed by atoms with Gasteiger partial charge in [0.25, 0.3) is 0 Å². The van der Waals surface area contributed by atoms with Crippen LogP contribution in [0.2, 0.25) is 0 Å². The quantitative estimate of drug-likeness (QED) is 0.318. The number of hydrogen-bond donors (Lipinski definition) is 0. The molecule has 3 aliphatic heterocycles. The molecule has 43 heavy (non-hydrogen) atoms. The Morgan fingerprint density at radius 2 is 2.09 bits per heavy atom. The molecule has 10 nitrogen and oxygen atoms in total. The Balaban J connectivity index is 0.000000277. The molecular weight excluding hydrogens is 554 g/mol. The fourth-order valence-electron chi connectivity index (χ4n) is 6.68. The normalized spacial score (nSPS) is 23.3. The summed E-state index contributed by atoms with van der Waals surface area (Å²) in [6.45, 7) is 8.70. The number of likely N-dealkylation sites (tertiary alicyclic amines) is 1. The van der Waals surface area contributed by atoms with E-state index in [9.17, 15) is 9.18 Å². The molecule has 0 spiro atoms. The molecule has 0 bridgehead atoms. The third kappa shape index (κ3) is 5.28. The molecule has 3 saturated heterocycles. The van der Waals surface area contributed by atoms with E-state index in [0.29, 0.717) is 36.4 Å². The summed E-state index contributed by atoms with van der Waals surface area (Å²) < 4.78 is 35.8. The van der Waals surface area contributed by atoms with Gasteiger partial charge in [-0.25, -0.2) is 13.8 Å². The van der Waals surface area contributed by atoms with Crippen molar-refractivity contribution in [2.45, 2.75) is 50.4 Å². The van der Waals surface area contributed by atoms with Gasteiger partial charge in [0.1, 0.15) is 23.2 Å². The molecule has 4 aromatic rings. The zero-order valence-corrected chi connectivity index (χ0v) is 24.7. The maximum absolute atomic E-state index is 15.8. The third-order valence-electron chi connectivity index (χ3n) is 9.05. The van der Waals surface area contributed by atoms with Gasteiger partial charge in [0.2, 0.25) is 5.91 Å². The van der Waals surface area contributed by atoms with Crippen LogP contribution < -0.4 is 9.64 Å². The number of anilines is 1. The lowest BCUT2D eigenvalue weighted by atomic mass is 9.97. The summed E-state index contributed by atoms with van der Waals surface area (Å²) in [4.78, 5) is 35.3. The number of carbonyl (C=O) groups excluding carboxylic acids is 1. The van der Waals surface area contributed by atoms with Crippen LogP contribution in [-0.2, 0) is 4.79 Å². The topological polar surface area (TPSA) is 92.0 Å². The van der Waals surface area contributed by atoms with Crippen molar-refractivity contribution in [3.05, 3.63) is 55.5 Å². The van der Waals surface area contributed by atoms with Gasteiger partial charge in [0.15, 0.2) is 5.82 Å². The van der Waals surface area contributed by atoms with Gasteiger partial charge in [-0.05, 0) is 57.4 Å². The predicted molar refractivity (Wildman–Crippen MR) is 160 cm³/mol. The molecule has 0 saturated carbocycles. The van der Waals surface area contributed by atoms with Crippen molar-refractivity contribution < 1.29 is 18.3 Å². The highest BCUT2D eigenvalue weighted by molar-refractivity contribution is 5.93. The highest BCUT2D eigenvalue weighted by atomic mass is 19.1. The number of fused-ring (bicyclic) bond motifs is 3. The number of alkyl halides is 1. The minimum absolute atomic E-state index is 0.0000137. The van der Waals surface area contributed by atoms with E-state index in [1.54, 1.807) is 34.1 Å². The monoisotopic (exact) mass is 590 g/mol. The van der Waals surface area contributed by atoms with Crippen LogP contribution in [0.4, 0.5) is 14.6 Å². The van der Waals surface area contributed by atoms with Crippen molar-refractivity contribution in [2.24, 2.45) is 0 Å². The number of aromatic nitrogens is 5. The second-order valence-electron chi connectivity index (χ2n) is 11.7. The standard InChI is InChI=1S/C23H22FN7O2.C8H14FN/c1-4-18(32)30-9-7-14(12-30)29(2)22-16-10-26-20(19(24)21(16)27-23(28-22)33-3)15-6-5-8-31-13-25-11-17(15)31;1-8-3-2-4-10(8)6-7(9)5-8/h4-6,8,10-11,13-14H,1,7,9,12H2,2-3H3;7H,2-6H2,1H3. The van der Waals surface area contributed by atoms with E-state index in [1.165, 1.54) is 26.0 Å². The Bertz CT molecular complexity index is 1680. The first-order chi connectivity index (χ1) is 20.7. The highest BCUT2D eigenvalue weighted by Crippen LogP contribution is 2.39. The van der Waals surface area contributed by atoms with Gasteiger partial charge >= 0.3 is 6.01 Å². The van der Waals surface area contributed by atoms with Crippen molar-refractivity contribution in [3.63, 3.8) is 0 Å². The fraction of sp³-hybridized carbons (Fsp3) is 0.452. The molecule has 3 atom stereocenters. The van der Waals surface area contributed by atoms with Gasteiger partial charge < -0.3 is 18.9 Å². The number of methoxy groups -OCH3 is 1. The van der Waals surface area contributed by atoms with Gasteiger partial charge in [-0.2, -0.15) is 9.97 Å². The number of rotatable bonds is 5. The molecule has 0 aromatic carbocycles. The van der Waals surface area contributed by atoms with Crippen molar-refractivity contribution in [1.29, 1.82) is 0 Å². The van der Waals surface area contributed by atoms with E-state index >= 15 is 4.39 Å². The molecule has 4 aromatic heterocycles. The van der Waals surface area contributed by atoms with Crippen LogP contribution in [0.1, 0.15) is 32.6 Å². The van der Waals surface area contributed by atoms with E-state index in [-0.39, 0.29) is 34.7 Å². The first-order valence-electron chi connectivity index (χ1n) is 14.6. The zero-order chi connectivity index (χ0) is 30.3. The molecule has 7 heterocycles. The number of halogens is 2. The van der Waals surface area contributed by atoms with Gasteiger partial charge in [-0.1, -0.05) is 6.58 Å². The molecule has 1 amide bonds. The lowest BCUT2D eigenvalue weighted by Crippen LogP contribution is -2.36. The van der Waals surface area contributed by atoms with Gasteiger partial charge in [0, 0.05) is 56.2 Å². The Morgan fingerprint density at radius 1 is 1.26 bits per heavy atom. The van der Waals surface area contributed by atoms with Crippen molar-refractivity contribution >= 4 is 28.1 Å². The Labute approximate surface area is 249 Å². The zero-order valence-electron chi connectivity index (χ0n) is 24.7. The van der Waals surface area contributed by atoms with Crippen LogP contribution >= 0.6 is 0 Å². The van der Waals surface area contributed by atoms with E-state index < -0.39 is 12.0 Å². The molecular formula is C31H36F2N8O2. The second-order valence-corrected chi connectivity index (χ2v) is 11.7. The molecule has 0 N–H and O–H groups in total. The van der Waals surface area contributed by atoms with Crippen LogP contribution in [0.15, 0.2) is 49.7 Å². The van der Waals surface area contributed by atoms with Crippen LogP contribution in [0.5, 0.6) is 6.01 Å². The summed E-state index contributed by atoms with van der Waals surface area (Å²) in [7, 11) is 3.31. The summed E-state index contributed by atoms with van der Waals surface area (Å²) in [5, 5.41) is 0.466. The summed E-state index contributed by atoms with van der Waals surface area (Å²) >= 11 is 0. The lowest BCUT2D eigenvalue weighted by Gasteiger charge is -2.27. The van der Waals surface area contributed by atoms with Crippen molar-refractivity contribution in [3.8, 4) is 17.3 Å². The van der Waals surface area contributed by atoms with Gasteiger partial charge in [0.05, 0.1) is 30.5 Å². The number of pyridine rings is 2. The Kier molecular flexibility index (Phi) is 7.72. The Hall–Kier alpha value is -4.19. The number of carbonyl (C=O) groups is 1. The summed E-state index contributed by atoms with van der Waals surface area (Å²) in [6, 6.07) is 3.66. The first kappa shape index (κ1) is 28.9. The fourth-order valence-corrected chi connectivity index (χ4v) is 6.68. The number of nitrogens with zero attached hydrogens (tertiary/aromatic N) is 8. The molecule has 12 heteroatoms. The summed E-state index contributed by atoms with van der Waals surface area (Å²) in [6.07, 6.45) is 11.5. The molecule has 226 valence electrons. The van der Waals surface area contributed by atoms with Crippen LogP contribution in [0.3, 0.4) is 0 Å². The number of likely N-dealkylation sites (N-methyl/N-ethyl adjacent to an activating group) is 1. The number of imidazole rings is 1. The Morgan fingerprint density at radius 3 is 2.86 bits per heavy atom. The highest BCUT2D eigenvalue weighted by Gasteiger charge is 2.44. The van der Waals surface area contributed by atoms with Crippen molar-refractivity contribution in [2.75, 3.05) is 45.2 Å². The molecule has 3 unspecified atom stereocenters. The van der Waals surface area contributed by atoms with E-state index in [1.807, 2.05) is 24.2 Å². The van der Waals surface area contributed by atoms with E-state index in [0.717, 1.165) is 24.9 Å². The lowest BCUT2D eigenvalue weighted by molar-refractivity contribution is -0.125. The summed E-state index contributed by atoms with van der Waals surface area (Å²) in [5.74, 6) is -0.176. The largest absolute Gasteiger partial charge is 0.467 e. The predicted octanol–water partition coefficient (Wildman–Crippen LogP) is 4.29. The first-order valence-corrected chi connectivity index (χ1v) is 14.6. The molecule has 3 fully saturated rings. The molecule has 3 aliphatic rings. The minimum atomic E-state index is -0.563. The van der Waals surface area contributed by atoms with E-state index in [2.05, 4.69) is 38.3 Å². The maximum atomic E-state index is 15.8.